The zero-order valence-electron chi connectivity index (χ0n) is 10.1. The summed E-state index contributed by atoms with van der Waals surface area (Å²) >= 11 is 0. The predicted octanol–water partition coefficient (Wildman–Crippen LogP) is 2.69. The summed E-state index contributed by atoms with van der Waals surface area (Å²) in [6.45, 7) is 4.96. The summed E-state index contributed by atoms with van der Waals surface area (Å²) in [5.74, 6) is 0.0525. The van der Waals surface area contributed by atoms with E-state index in [2.05, 4.69) is 30.9 Å². The number of hydrogen-bond donors (Lipinski definition) is 0. The summed E-state index contributed by atoms with van der Waals surface area (Å²) in [5, 5.41) is 18.2. The second-order valence-corrected chi connectivity index (χ2v) is 5.08. The molecule has 1 heterocycles. The monoisotopic (exact) mass is 225 g/mol. The largest absolute Gasteiger partial charge is 0.364 e. The lowest BCUT2D eigenvalue weighted by Crippen LogP contribution is -2.38. The minimum atomic E-state index is -0.0622. The van der Waals surface area contributed by atoms with Crippen LogP contribution in [0.25, 0.3) is 0 Å². The van der Waals surface area contributed by atoms with E-state index in [1.165, 1.54) is 0 Å². The lowest BCUT2D eigenvalue weighted by molar-refractivity contribution is 0.503. The lowest BCUT2D eigenvalue weighted by Gasteiger charge is -2.34. The molecule has 3 nitrogen and oxygen atoms in total. The van der Waals surface area contributed by atoms with Crippen molar-refractivity contribution in [1.29, 1.82) is 10.5 Å². The van der Waals surface area contributed by atoms with Gasteiger partial charge in [0.1, 0.15) is 6.07 Å². The average molecular weight is 225 g/mol. The third-order valence-electron chi connectivity index (χ3n) is 3.38. The van der Waals surface area contributed by atoms with Crippen molar-refractivity contribution in [3.63, 3.8) is 0 Å². The van der Waals surface area contributed by atoms with Crippen molar-refractivity contribution >= 4 is 5.69 Å². The maximum atomic E-state index is 9.13. The highest BCUT2D eigenvalue weighted by Crippen LogP contribution is 2.37. The third kappa shape index (κ3) is 1.97. The van der Waals surface area contributed by atoms with Gasteiger partial charge < -0.3 is 4.90 Å². The van der Waals surface area contributed by atoms with E-state index in [0.29, 0.717) is 12.1 Å². The summed E-state index contributed by atoms with van der Waals surface area (Å²) in [4.78, 5) is 2.18. The molecule has 1 aromatic rings. The SMILES string of the molecule is CC1(C)CC(C#N)CN1c1ccccc1C#N. The predicted molar refractivity (Wildman–Crippen MR) is 66.3 cm³/mol. The summed E-state index contributed by atoms with van der Waals surface area (Å²) in [5.41, 5.74) is 1.56. The van der Waals surface area contributed by atoms with Crippen LogP contribution in [0.1, 0.15) is 25.8 Å². The van der Waals surface area contributed by atoms with Crippen LogP contribution in [0.5, 0.6) is 0 Å². The Labute approximate surface area is 102 Å². The number of nitriles is 2. The Morgan fingerprint density at radius 2 is 2.00 bits per heavy atom. The number of hydrogen-bond acceptors (Lipinski definition) is 3. The van der Waals surface area contributed by atoms with E-state index in [-0.39, 0.29) is 11.5 Å². The minimum absolute atomic E-state index is 0.0525. The van der Waals surface area contributed by atoms with Crippen molar-refractivity contribution in [3.8, 4) is 12.1 Å². The Balaban J connectivity index is 2.41. The number of anilines is 1. The molecule has 1 saturated heterocycles. The van der Waals surface area contributed by atoms with E-state index in [0.717, 1.165) is 12.1 Å². The second kappa shape index (κ2) is 4.11. The molecule has 0 aromatic heterocycles. The van der Waals surface area contributed by atoms with Crippen molar-refractivity contribution in [1.82, 2.24) is 0 Å². The molecule has 1 aliphatic rings. The number of rotatable bonds is 1. The molecule has 0 N–H and O–H groups in total. The van der Waals surface area contributed by atoms with Gasteiger partial charge in [-0.15, -0.1) is 0 Å². The van der Waals surface area contributed by atoms with Crippen LogP contribution in [-0.4, -0.2) is 12.1 Å². The van der Waals surface area contributed by atoms with E-state index in [1.807, 2.05) is 24.3 Å². The molecule has 1 aliphatic heterocycles. The van der Waals surface area contributed by atoms with Crippen molar-refractivity contribution in [2.45, 2.75) is 25.8 Å². The molecule has 3 heteroatoms. The van der Waals surface area contributed by atoms with Crippen LogP contribution in [0.2, 0.25) is 0 Å². The fraction of sp³-hybridized carbons (Fsp3) is 0.429. The molecule has 17 heavy (non-hydrogen) atoms. The Kier molecular flexibility index (Phi) is 2.77. The van der Waals surface area contributed by atoms with E-state index >= 15 is 0 Å². The van der Waals surface area contributed by atoms with Crippen molar-refractivity contribution < 1.29 is 0 Å². The Bertz CT molecular complexity index is 505. The van der Waals surface area contributed by atoms with Crippen LogP contribution in [0.3, 0.4) is 0 Å². The van der Waals surface area contributed by atoms with Crippen LogP contribution in [-0.2, 0) is 0 Å². The molecule has 86 valence electrons. The summed E-state index contributed by atoms with van der Waals surface area (Å²) < 4.78 is 0. The highest BCUT2D eigenvalue weighted by atomic mass is 15.2. The first-order chi connectivity index (χ1) is 8.08. The first-order valence-corrected chi connectivity index (χ1v) is 5.75. The molecule has 1 fully saturated rings. The smallest absolute Gasteiger partial charge is 0.101 e. The Morgan fingerprint density at radius 1 is 1.29 bits per heavy atom. The molecular formula is C14H15N3. The lowest BCUT2D eigenvalue weighted by atomic mass is 9.97. The van der Waals surface area contributed by atoms with Crippen molar-refractivity contribution in [2.75, 3.05) is 11.4 Å². The van der Waals surface area contributed by atoms with Crippen LogP contribution >= 0.6 is 0 Å². The molecule has 0 aliphatic carbocycles. The molecule has 0 amide bonds. The molecule has 2 rings (SSSR count). The topological polar surface area (TPSA) is 50.8 Å². The van der Waals surface area contributed by atoms with Gasteiger partial charge in [-0.25, -0.2) is 0 Å². The van der Waals surface area contributed by atoms with Gasteiger partial charge in [0.15, 0.2) is 0 Å². The second-order valence-electron chi connectivity index (χ2n) is 5.08. The first-order valence-electron chi connectivity index (χ1n) is 5.75. The minimum Gasteiger partial charge on any atom is -0.364 e. The number of benzene rings is 1. The molecule has 0 spiro atoms. The van der Waals surface area contributed by atoms with Gasteiger partial charge in [-0.1, -0.05) is 12.1 Å². The fourth-order valence-electron chi connectivity index (χ4n) is 2.56. The number of nitrogens with zero attached hydrogens (tertiary/aromatic N) is 3. The van der Waals surface area contributed by atoms with Gasteiger partial charge in [-0.3, -0.25) is 0 Å². The van der Waals surface area contributed by atoms with Gasteiger partial charge in [0.05, 0.1) is 23.2 Å². The van der Waals surface area contributed by atoms with E-state index in [4.69, 9.17) is 10.5 Å². The molecule has 0 radical (unpaired) electrons. The fourth-order valence-corrected chi connectivity index (χ4v) is 2.56. The third-order valence-corrected chi connectivity index (χ3v) is 3.38. The molecule has 0 saturated carbocycles. The van der Waals surface area contributed by atoms with Crippen LogP contribution in [0.4, 0.5) is 5.69 Å². The summed E-state index contributed by atoms with van der Waals surface area (Å²) in [7, 11) is 0. The van der Waals surface area contributed by atoms with Crippen LogP contribution in [0.15, 0.2) is 24.3 Å². The summed E-state index contributed by atoms with van der Waals surface area (Å²) in [6, 6.07) is 12.1. The van der Waals surface area contributed by atoms with Gasteiger partial charge in [-0.05, 0) is 32.4 Å². The van der Waals surface area contributed by atoms with Crippen LogP contribution in [0, 0.1) is 28.6 Å². The normalized spacial score (nSPS) is 21.9. The zero-order valence-corrected chi connectivity index (χ0v) is 10.1. The molecule has 1 unspecified atom stereocenters. The van der Waals surface area contributed by atoms with E-state index in [1.54, 1.807) is 0 Å². The maximum Gasteiger partial charge on any atom is 0.101 e. The maximum absolute atomic E-state index is 9.13. The standard InChI is InChI=1S/C14H15N3/c1-14(2)7-11(8-15)10-17(14)13-6-4-3-5-12(13)9-16/h3-6,11H,7,10H2,1-2H3. The molecule has 1 atom stereocenters. The van der Waals surface area contributed by atoms with Gasteiger partial charge in [0.2, 0.25) is 0 Å². The average Bonchev–Trinajstić information content (AvgIpc) is 2.64. The summed E-state index contributed by atoms with van der Waals surface area (Å²) in [6.07, 6.45) is 0.850. The molecular weight excluding hydrogens is 210 g/mol. The number of para-hydroxylation sites is 1. The van der Waals surface area contributed by atoms with Gasteiger partial charge in [0.25, 0.3) is 0 Å². The Morgan fingerprint density at radius 3 is 2.59 bits per heavy atom. The van der Waals surface area contributed by atoms with Gasteiger partial charge in [0, 0.05) is 12.1 Å². The van der Waals surface area contributed by atoms with Crippen molar-refractivity contribution in [3.05, 3.63) is 29.8 Å². The Hall–Kier alpha value is -2.00. The van der Waals surface area contributed by atoms with Gasteiger partial charge in [-0.2, -0.15) is 10.5 Å². The van der Waals surface area contributed by atoms with E-state index < -0.39 is 0 Å². The quantitative estimate of drug-likeness (QED) is 0.738. The van der Waals surface area contributed by atoms with E-state index in [9.17, 15) is 0 Å². The highest BCUT2D eigenvalue weighted by molar-refractivity contribution is 5.61. The van der Waals surface area contributed by atoms with Crippen LogP contribution < -0.4 is 4.90 Å². The van der Waals surface area contributed by atoms with Crippen molar-refractivity contribution in [2.24, 2.45) is 5.92 Å². The highest BCUT2D eigenvalue weighted by Gasteiger charge is 2.39. The van der Waals surface area contributed by atoms with Gasteiger partial charge >= 0.3 is 0 Å². The zero-order chi connectivity index (χ0) is 12.5. The molecule has 1 aromatic carbocycles. The molecule has 0 bridgehead atoms. The first kappa shape index (κ1) is 11.5.